The summed E-state index contributed by atoms with van der Waals surface area (Å²) in [6, 6.07) is 7.48. The van der Waals surface area contributed by atoms with Gasteiger partial charge in [0.1, 0.15) is 18.2 Å². The van der Waals surface area contributed by atoms with Crippen LogP contribution in [0.15, 0.2) is 30.6 Å². The fourth-order valence-electron chi connectivity index (χ4n) is 2.34. The van der Waals surface area contributed by atoms with Crippen LogP contribution in [0.2, 0.25) is 0 Å². The normalized spacial score (nSPS) is 12.3. The number of aromatic nitrogens is 2. The highest BCUT2D eigenvalue weighted by Gasteiger charge is 2.22. The molecule has 0 bridgehead atoms. The maximum Gasteiger partial charge on any atom is 0.242 e. The van der Waals surface area contributed by atoms with Crippen LogP contribution < -0.4 is 10.6 Å². The lowest BCUT2D eigenvalue weighted by Gasteiger charge is -2.22. The summed E-state index contributed by atoms with van der Waals surface area (Å²) in [4.78, 5) is 21.0. The second-order valence-corrected chi connectivity index (χ2v) is 6.73. The number of rotatable bonds is 8. The van der Waals surface area contributed by atoms with Crippen LogP contribution in [0.3, 0.4) is 0 Å². The maximum atomic E-state index is 12.5. The van der Waals surface area contributed by atoms with Gasteiger partial charge in [-0.2, -0.15) is 11.8 Å². The van der Waals surface area contributed by atoms with Crippen LogP contribution in [0.4, 0.5) is 5.82 Å². The highest BCUT2D eigenvalue weighted by atomic mass is 32.2. The van der Waals surface area contributed by atoms with Gasteiger partial charge in [0.25, 0.3) is 0 Å². The van der Waals surface area contributed by atoms with E-state index in [0.717, 1.165) is 23.1 Å². The molecular weight excluding hydrogens is 308 g/mol. The third-order valence-electron chi connectivity index (χ3n) is 3.61. The minimum absolute atomic E-state index is 0.0174. The third kappa shape index (κ3) is 4.82. The molecule has 1 heterocycles. The molecule has 1 aromatic heterocycles. The first kappa shape index (κ1) is 17.5. The summed E-state index contributed by atoms with van der Waals surface area (Å²) >= 11 is 1.79. The molecule has 6 heteroatoms. The van der Waals surface area contributed by atoms with Crippen LogP contribution in [-0.2, 0) is 4.79 Å². The Bertz CT molecular complexity index is 642. The van der Waals surface area contributed by atoms with Crippen LogP contribution in [0.5, 0.6) is 0 Å². The number of benzene rings is 1. The van der Waals surface area contributed by atoms with E-state index >= 15 is 0 Å². The number of carbonyl (C=O) groups excluding carboxylic acids is 1. The highest BCUT2D eigenvalue weighted by Crippen LogP contribution is 2.20. The van der Waals surface area contributed by atoms with Gasteiger partial charge in [-0.1, -0.05) is 26.0 Å². The number of thioether (sulfide) groups is 1. The van der Waals surface area contributed by atoms with Gasteiger partial charge >= 0.3 is 0 Å². The van der Waals surface area contributed by atoms with Gasteiger partial charge in [-0.3, -0.25) is 4.79 Å². The summed E-state index contributed by atoms with van der Waals surface area (Å²) < 4.78 is 0. The van der Waals surface area contributed by atoms with Crippen molar-refractivity contribution < 1.29 is 4.79 Å². The van der Waals surface area contributed by atoms with E-state index in [1.807, 2.05) is 38.1 Å². The van der Waals surface area contributed by atoms with Crippen molar-refractivity contribution in [2.45, 2.75) is 26.3 Å². The fraction of sp³-hybridized carbons (Fsp3) is 0.471. The summed E-state index contributed by atoms with van der Waals surface area (Å²) in [5.74, 6) is 1.93. The molecule has 0 aliphatic rings. The van der Waals surface area contributed by atoms with Crippen LogP contribution in [0.25, 0.3) is 10.9 Å². The summed E-state index contributed by atoms with van der Waals surface area (Å²) in [6.45, 7) is 4.76. The standard InChI is InChI=1S/C17H24N4OS/c1-12(2)15(17(22)18-9-6-10-23-3)21-16-13-7-4-5-8-14(13)19-11-20-16/h4-5,7-8,11-12,15H,6,9-10H2,1-3H3,(H,18,22)(H,19,20,21)/t15-/m0/s1. The Morgan fingerprint density at radius 1 is 1.26 bits per heavy atom. The Morgan fingerprint density at radius 2 is 2.04 bits per heavy atom. The first-order chi connectivity index (χ1) is 11.1. The van der Waals surface area contributed by atoms with Crippen molar-refractivity contribution in [3.8, 4) is 0 Å². The van der Waals surface area contributed by atoms with Gasteiger partial charge < -0.3 is 10.6 Å². The maximum absolute atomic E-state index is 12.5. The Hall–Kier alpha value is -1.82. The SMILES string of the molecule is CSCCCNC(=O)[C@@H](Nc1ncnc2ccccc12)C(C)C. The largest absolute Gasteiger partial charge is 0.358 e. The third-order valence-corrected chi connectivity index (χ3v) is 4.31. The van der Waals surface area contributed by atoms with Crippen molar-refractivity contribution in [1.82, 2.24) is 15.3 Å². The number of nitrogens with one attached hydrogen (secondary N) is 2. The molecule has 2 aromatic rings. The lowest BCUT2D eigenvalue weighted by molar-refractivity contribution is -0.122. The van der Waals surface area contributed by atoms with E-state index in [1.165, 1.54) is 6.33 Å². The number of hydrogen-bond acceptors (Lipinski definition) is 5. The molecule has 0 saturated heterocycles. The van der Waals surface area contributed by atoms with Crippen LogP contribution in [-0.4, -0.2) is 40.5 Å². The monoisotopic (exact) mass is 332 g/mol. The van der Waals surface area contributed by atoms with E-state index in [-0.39, 0.29) is 17.9 Å². The Morgan fingerprint density at radius 3 is 2.78 bits per heavy atom. The molecule has 0 radical (unpaired) electrons. The molecule has 0 saturated carbocycles. The lowest BCUT2D eigenvalue weighted by atomic mass is 10.0. The van der Waals surface area contributed by atoms with Gasteiger partial charge in [-0.25, -0.2) is 9.97 Å². The minimum atomic E-state index is -0.317. The van der Waals surface area contributed by atoms with E-state index in [4.69, 9.17) is 0 Å². The fourth-order valence-corrected chi connectivity index (χ4v) is 2.77. The van der Waals surface area contributed by atoms with Crippen LogP contribution >= 0.6 is 11.8 Å². The van der Waals surface area contributed by atoms with E-state index in [9.17, 15) is 4.79 Å². The quantitative estimate of drug-likeness (QED) is 0.728. The number of para-hydroxylation sites is 1. The van der Waals surface area contributed by atoms with Crippen molar-refractivity contribution in [1.29, 1.82) is 0 Å². The molecule has 0 aliphatic heterocycles. The average Bonchev–Trinajstić information content (AvgIpc) is 2.56. The van der Waals surface area contributed by atoms with Crippen molar-refractivity contribution in [3.05, 3.63) is 30.6 Å². The van der Waals surface area contributed by atoms with Gasteiger partial charge in [0, 0.05) is 11.9 Å². The summed E-state index contributed by atoms with van der Waals surface area (Å²) in [7, 11) is 0. The summed E-state index contributed by atoms with van der Waals surface area (Å²) in [6.07, 6.45) is 4.58. The zero-order valence-corrected chi connectivity index (χ0v) is 14.7. The van der Waals surface area contributed by atoms with Crippen LogP contribution in [0.1, 0.15) is 20.3 Å². The molecule has 0 aliphatic carbocycles. The van der Waals surface area contributed by atoms with Gasteiger partial charge in [0.15, 0.2) is 0 Å². The van der Waals surface area contributed by atoms with Gasteiger partial charge in [0.05, 0.1) is 5.52 Å². The molecule has 124 valence electrons. The van der Waals surface area contributed by atoms with Gasteiger partial charge in [-0.05, 0) is 36.5 Å². The first-order valence-corrected chi connectivity index (χ1v) is 9.25. The van der Waals surface area contributed by atoms with Crippen LogP contribution in [0, 0.1) is 5.92 Å². The molecule has 1 amide bonds. The van der Waals surface area contributed by atoms with Crippen molar-refractivity contribution >= 4 is 34.4 Å². The second kappa shape index (κ2) is 8.72. The Balaban J connectivity index is 2.10. The predicted octanol–water partition coefficient (Wildman–Crippen LogP) is 2.94. The van der Waals surface area contributed by atoms with Gasteiger partial charge in [0.2, 0.25) is 5.91 Å². The second-order valence-electron chi connectivity index (χ2n) is 5.74. The first-order valence-electron chi connectivity index (χ1n) is 7.86. The molecule has 23 heavy (non-hydrogen) atoms. The van der Waals surface area contributed by atoms with Crippen molar-refractivity contribution in [3.63, 3.8) is 0 Å². The summed E-state index contributed by atoms with van der Waals surface area (Å²) in [5, 5.41) is 7.23. The number of hydrogen-bond donors (Lipinski definition) is 2. The lowest BCUT2D eigenvalue weighted by Crippen LogP contribution is -2.43. The van der Waals surface area contributed by atoms with E-state index in [2.05, 4.69) is 26.9 Å². The number of anilines is 1. The number of nitrogens with zero attached hydrogens (tertiary/aromatic N) is 2. The molecule has 1 atom stereocenters. The van der Waals surface area contributed by atoms with Crippen molar-refractivity contribution in [2.24, 2.45) is 5.92 Å². The van der Waals surface area contributed by atoms with E-state index in [0.29, 0.717) is 12.4 Å². The molecule has 0 unspecified atom stereocenters. The molecule has 0 fully saturated rings. The Labute approximate surface area is 141 Å². The van der Waals surface area contributed by atoms with Crippen molar-refractivity contribution in [2.75, 3.05) is 23.9 Å². The zero-order chi connectivity index (χ0) is 16.7. The average molecular weight is 332 g/mol. The molecule has 0 spiro atoms. The smallest absolute Gasteiger partial charge is 0.242 e. The summed E-state index contributed by atoms with van der Waals surface area (Å²) in [5.41, 5.74) is 0.868. The molecule has 2 rings (SSSR count). The predicted molar refractivity (Wildman–Crippen MR) is 97.8 cm³/mol. The molecule has 5 nitrogen and oxygen atoms in total. The number of fused-ring (bicyclic) bond motifs is 1. The molecule has 2 N–H and O–H groups in total. The topological polar surface area (TPSA) is 66.9 Å². The Kier molecular flexibility index (Phi) is 6.65. The zero-order valence-electron chi connectivity index (χ0n) is 13.9. The van der Waals surface area contributed by atoms with E-state index in [1.54, 1.807) is 11.8 Å². The van der Waals surface area contributed by atoms with Gasteiger partial charge in [-0.15, -0.1) is 0 Å². The molecule has 1 aromatic carbocycles. The highest BCUT2D eigenvalue weighted by molar-refractivity contribution is 7.98. The minimum Gasteiger partial charge on any atom is -0.358 e. The number of amides is 1. The molecular formula is C17H24N4OS. The number of carbonyl (C=O) groups is 1. The van der Waals surface area contributed by atoms with E-state index < -0.39 is 0 Å².